The summed E-state index contributed by atoms with van der Waals surface area (Å²) in [6, 6.07) is 4.36. The van der Waals surface area contributed by atoms with Crippen molar-refractivity contribution >= 4 is 22.6 Å². The van der Waals surface area contributed by atoms with E-state index in [1.165, 1.54) is 12.1 Å². The van der Waals surface area contributed by atoms with Gasteiger partial charge in [0.15, 0.2) is 0 Å². The van der Waals surface area contributed by atoms with Crippen LogP contribution >= 0.6 is 22.6 Å². The van der Waals surface area contributed by atoms with Crippen molar-refractivity contribution in [3.8, 4) is 5.75 Å². The molecular weight excluding hydrogens is 308 g/mol. The number of benzene rings is 1. The molecule has 0 N–H and O–H groups in total. The van der Waals surface area contributed by atoms with Crippen LogP contribution in [0.15, 0.2) is 24.8 Å². The molecular formula is C9H5F3IO. The maximum Gasteiger partial charge on any atom is 0.573 e. The van der Waals surface area contributed by atoms with Gasteiger partial charge in [-0.1, -0.05) is 12.6 Å². The van der Waals surface area contributed by atoms with E-state index in [0.717, 1.165) is 0 Å². The van der Waals surface area contributed by atoms with Crippen molar-refractivity contribution in [3.63, 3.8) is 0 Å². The lowest BCUT2D eigenvalue weighted by atomic mass is 10.2. The molecule has 0 amide bonds. The molecule has 1 nitrogen and oxygen atoms in total. The third kappa shape index (κ3) is 3.21. The molecule has 0 aliphatic carbocycles. The molecule has 1 rings (SSSR count). The van der Waals surface area contributed by atoms with Crippen LogP contribution in [-0.4, -0.2) is 6.36 Å². The van der Waals surface area contributed by atoms with E-state index in [9.17, 15) is 13.2 Å². The van der Waals surface area contributed by atoms with Gasteiger partial charge in [-0.25, -0.2) is 0 Å². The van der Waals surface area contributed by atoms with Gasteiger partial charge < -0.3 is 4.74 Å². The van der Waals surface area contributed by atoms with Gasteiger partial charge in [0.1, 0.15) is 5.75 Å². The molecule has 0 aliphatic rings. The molecule has 0 bridgehead atoms. The van der Waals surface area contributed by atoms with E-state index in [1.807, 2.05) is 0 Å². The quantitative estimate of drug-likeness (QED) is 0.759. The summed E-state index contributed by atoms with van der Waals surface area (Å²) in [4.78, 5) is 0. The van der Waals surface area contributed by atoms with Gasteiger partial charge in [-0.2, -0.15) is 0 Å². The summed E-state index contributed by atoms with van der Waals surface area (Å²) in [6.45, 7) is 3.33. The van der Waals surface area contributed by atoms with Gasteiger partial charge >= 0.3 is 6.36 Å². The second-order valence-corrected chi connectivity index (χ2v) is 3.53. The first-order chi connectivity index (χ1) is 6.42. The first kappa shape index (κ1) is 11.4. The molecule has 0 saturated carbocycles. The number of hydrogen-bond acceptors (Lipinski definition) is 1. The van der Waals surface area contributed by atoms with Gasteiger partial charge in [0.2, 0.25) is 0 Å². The first-order valence-corrected chi connectivity index (χ1v) is 4.58. The summed E-state index contributed by atoms with van der Waals surface area (Å²) in [7, 11) is 0. The molecule has 1 aromatic carbocycles. The molecule has 0 aromatic heterocycles. The molecule has 0 heterocycles. The number of ether oxygens (including phenoxy) is 1. The number of hydrogen-bond donors (Lipinski definition) is 0. The Bertz CT molecular complexity index is 346. The predicted octanol–water partition coefficient (Wildman–Crippen LogP) is 3.53. The fourth-order valence-electron chi connectivity index (χ4n) is 0.816. The SMILES string of the molecule is C=[C]c1ccc(I)c(OC(F)(F)F)c1. The monoisotopic (exact) mass is 313 g/mol. The molecule has 0 fully saturated rings. The van der Waals surface area contributed by atoms with Crippen molar-refractivity contribution in [2.45, 2.75) is 6.36 Å². The van der Waals surface area contributed by atoms with Gasteiger partial charge in [0.05, 0.1) is 3.57 Å². The average Bonchev–Trinajstić information content (AvgIpc) is 2.06. The lowest BCUT2D eigenvalue weighted by Gasteiger charge is -2.10. The van der Waals surface area contributed by atoms with E-state index in [0.29, 0.717) is 9.13 Å². The van der Waals surface area contributed by atoms with Crippen molar-refractivity contribution in [2.75, 3.05) is 0 Å². The van der Waals surface area contributed by atoms with Crippen molar-refractivity contribution in [3.05, 3.63) is 40.0 Å². The first-order valence-electron chi connectivity index (χ1n) is 3.51. The Balaban J connectivity index is 3.01. The van der Waals surface area contributed by atoms with Crippen LogP contribution in [0.5, 0.6) is 5.75 Å². The minimum atomic E-state index is -4.67. The second kappa shape index (κ2) is 4.20. The average molecular weight is 313 g/mol. The Morgan fingerprint density at radius 1 is 1.36 bits per heavy atom. The topological polar surface area (TPSA) is 9.23 Å². The van der Waals surface area contributed by atoms with Crippen LogP contribution < -0.4 is 4.74 Å². The Labute approximate surface area is 92.7 Å². The van der Waals surface area contributed by atoms with Crippen molar-refractivity contribution in [1.82, 2.24) is 0 Å². The maximum atomic E-state index is 11.9. The van der Waals surface area contributed by atoms with E-state index in [1.54, 1.807) is 28.7 Å². The molecule has 1 radical (unpaired) electrons. The predicted molar refractivity (Wildman–Crippen MR) is 53.8 cm³/mol. The summed E-state index contributed by atoms with van der Waals surface area (Å²) < 4.78 is 39.9. The standard InChI is InChI=1S/C9H5F3IO/c1-2-6-3-4-7(13)8(5-6)14-9(10,11)12/h3-5H,1H2. The second-order valence-electron chi connectivity index (χ2n) is 2.37. The van der Waals surface area contributed by atoms with E-state index < -0.39 is 6.36 Å². The van der Waals surface area contributed by atoms with E-state index >= 15 is 0 Å². The van der Waals surface area contributed by atoms with Crippen LogP contribution in [0.25, 0.3) is 0 Å². The molecule has 0 saturated heterocycles. The number of rotatable bonds is 2. The van der Waals surface area contributed by atoms with Gasteiger partial charge in [-0.15, -0.1) is 13.2 Å². The molecule has 75 valence electrons. The Morgan fingerprint density at radius 2 is 2.00 bits per heavy atom. The third-order valence-corrected chi connectivity index (χ3v) is 2.25. The van der Waals surface area contributed by atoms with Crippen molar-refractivity contribution < 1.29 is 17.9 Å². The van der Waals surface area contributed by atoms with Crippen LogP contribution in [0.4, 0.5) is 13.2 Å². The molecule has 5 heteroatoms. The summed E-state index contributed by atoms with van der Waals surface area (Å²) in [6.07, 6.45) is -2.19. The highest BCUT2D eigenvalue weighted by atomic mass is 127. The largest absolute Gasteiger partial charge is 0.573 e. The summed E-state index contributed by atoms with van der Waals surface area (Å²) in [5.41, 5.74) is 0.463. The Morgan fingerprint density at radius 3 is 2.50 bits per heavy atom. The van der Waals surface area contributed by atoms with Gasteiger partial charge in [-0.05, 0) is 46.4 Å². The Hall–Kier alpha value is -0.720. The molecule has 0 unspecified atom stereocenters. The smallest absolute Gasteiger partial charge is 0.405 e. The van der Waals surface area contributed by atoms with Crippen LogP contribution in [-0.2, 0) is 0 Å². The zero-order chi connectivity index (χ0) is 10.8. The highest BCUT2D eigenvalue weighted by Crippen LogP contribution is 2.28. The molecule has 0 spiro atoms. The normalized spacial score (nSPS) is 11.1. The van der Waals surface area contributed by atoms with Crippen LogP contribution in [0.3, 0.4) is 0 Å². The van der Waals surface area contributed by atoms with Crippen molar-refractivity contribution in [1.29, 1.82) is 0 Å². The number of halogens is 4. The zero-order valence-corrected chi connectivity index (χ0v) is 9.02. The highest BCUT2D eigenvalue weighted by molar-refractivity contribution is 14.1. The lowest BCUT2D eigenvalue weighted by Crippen LogP contribution is -2.17. The van der Waals surface area contributed by atoms with Crippen molar-refractivity contribution in [2.24, 2.45) is 0 Å². The molecule has 0 aliphatic heterocycles. The number of alkyl halides is 3. The maximum absolute atomic E-state index is 11.9. The lowest BCUT2D eigenvalue weighted by molar-refractivity contribution is -0.274. The van der Waals surface area contributed by atoms with Gasteiger partial charge in [-0.3, -0.25) is 0 Å². The van der Waals surface area contributed by atoms with E-state index in [4.69, 9.17) is 0 Å². The van der Waals surface area contributed by atoms with E-state index in [-0.39, 0.29) is 5.75 Å². The summed E-state index contributed by atoms with van der Waals surface area (Å²) in [5, 5.41) is 0. The molecule has 1 aromatic rings. The molecule has 0 atom stereocenters. The van der Waals surface area contributed by atoms with Crippen LogP contribution in [0, 0.1) is 9.65 Å². The Kier molecular flexibility index (Phi) is 3.41. The molecule has 14 heavy (non-hydrogen) atoms. The minimum Gasteiger partial charge on any atom is -0.405 e. The third-order valence-electron chi connectivity index (χ3n) is 1.36. The fraction of sp³-hybridized carbons (Fsp3) is 0.111. The highest BCUT2D eigenvalue weighted by Gasteiger charge is 2.31. The summed E-state index contributed by atoms with van der Waals surface area (Å²) in [5.74, 6) is -0.230. The zero-order valence-electron chi connectivity index (χ0n) is 6.86. The van der Waals surface area contributed by atoms with Gasteiger partial charge in [0.25, 0.3) is 0 Å². The minimum absolute atomic E-state index is 0.230. The van der Waals surface area contributed by atoms with Crippen LogP contribution in [0.1, 0.15) is 5.56 Å². The van der Waals surface area contributed by atoms with E-state index in [2.05, 4.69) is 17.4 Å². The summed E-state index contributed by atoms with van der Waals surface area (Å²) >= 11 is 1.76. The fourth-order valence-corrected chi connectivity index (χ4v) is 1.26. The van der Waals surface area contributed by atoms with Gasteiger partial charge in [0, 0.05) is 0 Å². The van der Waals surface area contributed by atoms with Crippen LogP contribution in [0.2, 0.25) is 0 Å².